The van der Waals surface area contributed by atoms with Gasteiger partial charge in [0.1, 0.15) is 5.84 Å². The molecule has 7 heteroatoms. The van der Waals surface area contributed by atoms with Crippen LogP contribution < -0.4 is 14.8 Å². The molecule has 0 bridgehead atoms. The van der Waals surface area contributed by atoms with Gasteiger partial charge in [-0.25, -0.2) is 4.99 Å². The van der Waals surface area contributed by atoms with E-state index in [0.717, 1.165) is 22.1 Å². The van der Waals surface area contributed by atoms with Crippen molar-refractivity contribution in [3.63, 3.8) is 0 Å². The van der Waals surface area contributed by atoms with E-state index < -0.39 is 4.92 Å². The second kappa shape index (κ2) is 6.84. The lowest BCUT2D eigenvalue weighted by molar-refractivity contribution is -0.386. The number of nitrogens with zero attached hydrogens (tertiary/aromatic N) is 2. The first-order valence-corrected chi connectivity index (χ1v) is 8.89. The molecule has 0 spiro atoms. The van der Waals surface area contributed by atoms with Crippen molar-refractivity contribution in [2.45, 2.75) is 20.0 Å². The molecule has 3 aromatic rings. The first-order chi connectivity index (χ1) is 13.5. The predicted octanol–water partition coefficient (Wildman–Crippen LogP) is 5.05. The lowest BCUT2D eigenvalue weighted by atomic mass is 10.0. The van der Waals surface area contributed by atoms with Crippen LogP contribution in [0.2, 0.25) is 0 Å². The highest BCUT2D eigenvalue weighted by Crippen LogP contribution is 2.41. The van der Waals surface area contributed by atoms with Gasteiger partial charge in [-0.05, 0) is 37.4 Å². The monoisotopic (exact) mass is 377 g/mol. The normalized spacial score (nSPS) is 12.5. The molecule has 0 fully saturated rings. The summed E-state index contributed by atoms with van der Waals surface area (Å²) < 4.78 is 11.0. The minimum Gasteiger partial charge on any atom is -0.493 e. The van der Waals surface area contributed by atoms with Gasteiger partial charge in [-0.2, -0.15) is 0 Å². The third-order valence-electron chi connectivity index (χ3n) is 4.45. The smallest absolute Gasteiger partial charge is 0.315 e. The molecule has 0 aliphatic carbocycles. The number of methoxy groups -OCH3 is 1. The van der Waals surface area contributed by atoms with Crippen LogP contribution in [0.25, 0.3) is 10.8 Å². The number of aliphatic imine (C=N–C) groups is 1. The Balaban J connectivity index is 1.88. The summed E-state index contributed by atoms with van der Waals surface area (Å²) in [6, 6.07) is 15.0. The number of rotatable bonds is 5. The number of nitrogens with one attached hydrogen (secondary N) is 1. The molecule has 0 saturated carbocycles. The van der Waals surface area contributed by atoms with Crippen molar-refractivity contribution in [3.8, 4) is 11.5 Å². The van der Waals surface area contributed by atoms with Crippen LogP contribution in [-0.4, -0.2) is 24.0 Å². The largest absolute Gasteiger partial charge is 0.493 e. The number of hydrogen-bond acceptors (Lipinski definition) is 6. The van der Waals surface area contributed by atoms with Crippen molar-refractivity contribution in [2.24, 2.45) is 4.99 Å². The van der Waals surface area contributed by atoms with E-state index in [4.69, 9.17) is 9.47 Å². The fourth-order valence-corrected chi connectivity index (χ4v) is 3.30. The maximum absolute atomic E-state index is 11.7. The van der Waals surface area contributed by atoms with Gasteiger partial charge in [0.15, 0.2) is 5.75 Å². The van der Waals surface area contributed by atoms with Crippen LogP contribution in [0, 0.1) is 10.1 Å². The number of amidine groups is 1. The SMILES string of the molecule is COc1cc(C2=Nc3cccc4cccc(c34)N2)cc([N+](=O)[O-])c1OC(C)C. The number of ether oxygens (including phenoxy) is 2. The van der Waals surface area contributed by atoms with Gasteiger partial charge in [-0.3, -0.25) is 10.1 Å². The van der Waals surface area contributed by atoms with Crippen molar-refractivity contribution in [1.29, 1.82) is 0 Å². The van der Waals surface area contributed by atoms with Gasteiger partial charge in [0, 0.05) is 22.7 Å². The molecule has 7 nitrogen and oxygen atoms in total. The van der Waals surface area contributed by atoms with Gasteiger partial charge < -0.3 is 14.8 Å². The first-order valence-electron chi connectivity index (χ1n) is 8.89. The van der Waals surface area contributed by atoms with Crippen LogP contribution in [0.15, 0.2) is 53.5 Å². The molecular formula is C21H19N3O4. The van der Waals surface area contributed by atoms with E-state index in [-0.39, 0.29) is 17.5 Å². The minimum absolute atomic E-state index is 0.116. The topological polar surface area (TPSA) is 86.0 Å². The lowest BCUT2D eigenvalue weighted by Gasteiger charge is -2.20. The highest BCUT2D eigenvalue weighted by molar-refractivity contribution is 6.19. The van der Waals surface area contributed by atoms with Crippen LogP contribution >= 0.6 is 0 Å². The van der Waals surface area contributed by atoms with Crippen molar-refractivity contribution in [3.05, 3.63) is 64.2 Å². The molecule has 0 amide bonds. The van der Waals surface area contributed by atoms with Crippen LogP contribution in [-0.2, 0) is 0 Å². The number of anilines is 1. The Labute approximate surface area is 161 Å². The molecule has 1 aliphatic heterocycles. The summed E-state index contributed by atoms with van der Waals surface area (Å²) >= 11 is 0. The Morgan fingerprint density at radius 2 is 1.89 bits per heavy atom. The fraction of sp³-hybridized carbons (Fsp3) is 0.190. The number of nitro benzene ring substituents is 1. The molecule has 0 unspecified atom stereocenters. The zero-order valence-corrected chi connectivity index (χ0v) is 15.7. The first kappa shape index (κ1) is 17.8. The molecule has 1 aliphatic rings. The summed E-state index contributed by atoms with van der Waals surface area (Å²) in [6.07, 6.45) is -0.229. The summed E-state index contributed by atoms with van der Waals surface area (Å²) in [4.78, 5) is 15.9. The number of hydrogen-bond donors (Lipinski definition) is 1. The lowest BCUT2D eigenvalue weighted by Crippen LogP contribution is -2.17. The standard InChI is InChI=1S/C21H19N3O4/c1-12(2)28-20-17(24(25)26)10-14(11-18(20)27-3)21-22-15-8-4-6-13-7-5-9-16(23-21)19(13)15/h4-12H,1-3H3,(H,22,23). The van der Waals surface area contributed by atoms with E-state index >= 15 is 0 Å². The Morgan fingerprint density at radius 3 is 2.57 bits per heavy atom. The highest BCUT2D eigenvalue weighted by Gasteiger charge is 2.26. The zero-order chi connectivity index (χ0) is 19.8. The Hall–Kier alpha value is -3.61. The second-order valence-electron chi connectivity index (χ2n) is 6.72. The average molecular weight is 377 g/mol. The number of nitro groups is 1. The van der Waals surface area contributed by atoms with Crippen molar-refractivity contribution >= 4 is 33.7 Å². The molecule has 1 N–H and O–H groups in total. The molecule has 0 radical (unpaired) electrons. The molecule has 0 atom stereocenters. The van der Waals surface area contributed by atoms with E-state index in [9.17, 15) is 10.1 Å². The number of benzene rings is 3. The van der Waals surface area contributed by atoms with Gasteiger partial charge in [0.05, 0.1) is 23.8 Å². The molecule has 1 heterocycles. The van der Waals surface area contributed by atoms with Crippen molar-refractivity contribution < 1.29 is 14.4 Å². The third-order valence-corrected chi connectivity index (χ3v) is 4.45. The van der Waals surface area contributed by atoms with Crippen LogP contribution in [0.3, 0.4) is 0 Å². The van der Waals surface area contributed by atoms with Crippen LogP contribution in [0.5, 0.6) is 11.5 Å². The maximum atomic E-state index is 11.7. The quantitative estimate of drug-likeness (QED) is 0.497. The summed E-state index contributed by atoms with van der Waals surface area (Å²) in [6.45, 7) is 3.61. The molecule has 4 rings (SSSR count). The molecule has 142 valence electrons. The Morgan fingerprint density at radius 1 is 1.14 bits per heavy atom. The van der Waals surface area contributed by atoms with Crippen molar-refractivity contribution in [2.75, 3.05) is 12.4 Å². The summed E-state index contributed by atoms with van der Waals surface area (Å²) in [5.74, 6) is 0.924. The van der Waals surface area contributed by atoms with Gasteiger partial charge >= 0.3 is 5.69 Å². The Kier molecular flexibility index (Phi) is 4.35. The van der Waals surface area contributed by atoms with Crippen molar-refractivity contribution in [1.82, 2.24) is 0 Å². The second-order valence-corrected chi connectivity index (χ2v) is 6.72. The third kappa shape index (κ3) is 3.00. The maximum Gasteiger partial charge on any atom is 0.315 e. The highest BCUT2D eigenvalue weighted by atomic mass is 16.6. The molecule has 0 saturated heterocycles. The van der Waals surface area contributed by atoms with Gasteiger partial charge in [0.25, 0.3) is 0 Å². The summed E-state index contributed by atoms with van der Waals surface area (Å²) in [7, 11) is 1.46. The van der Waals surface area contributed by atoms with E-state index in [1.165, 1.54) is 13.2 Å². The van der Waals surface area contributed by atoms with Gasteiger partial charge in [-0.1, -0.05) is 24.3 Å². The minimum atomic E-state index is -0.470. The average Bonchev–Trinajstić information content (AvgIpc) is 2.67. The molecule has 28 heavy (non-hydrogen) atoms. The van der Waals surface area contributed by atoms with Crippen LogP contribution in [0.4, 0.5) is 17.1 Å². The van der Waals surface area contributed by atoms with E-state index in [0.29, 0.717) is 17.1 Å². The molecule has 0 aromatic heterocycles. The summed E-state index contributed by atoms with van der Waals surface area (Å²) in [5.41, 5.74) is 2.10. The molecule has 3 aromatic carbocycles. The summed E-state index contributed by atoms with van der Waals surface area (Å²) in [5, 5.41) is 17.1. The van der Waals surface area contributed by atoms with E-state index in [1.54, 1.807) is 19.9 Å². The van der Waals surface area contributed by atoms with E-state index in [2.05, 4.69) is 10.3 Å². The zero-order valence-electron chi connectivity index (χ0n) is 15.7. The molecular weight excluding hydrogens is 358 g/mol. The Bertz CT molecular complexity index is 1120. The predicted molar refractivity (Wildman–Crippen MR) is 109 cm³/mol. The van der Waals surface area contributed by atoms with Gasteiger partial charge in [-0.15, -0.1) is 0 Å². The fourth-order valence-electron chi connectivity index (χ4n) is 3.30. The van der Waals surface area contributed by atoms with Gasteiger partial charge in [0.2, 0.25) is 5.75 Å². The van der Waals surface area contributed by atoms with E-state index in [1.807, 2.05) is 36.4 Å². The van der Waals surface area contributed by atoms with Crippen LogP contribution in [0.1, 0.15) is 19.4 Å².